The molecular weight excluding hydrogens is 256 g/mol. The third-order valence-electron chi connectivity index (χ3n) is 3.94. The van der Waals surface area contributed by atoms with Gasteiger partial charge in [0, 0.05) is 0 Å². The number of carbonyl (C=O) groups excluding carboxylic acids is 2. The van der Waals surface area contributed by atoms with Crippen LogP contribution in [0.25, 0.3) is 0 Å². The lowest BCUT2D eigenvalue weighted by molar-refractivity contribution is 0.0343. The fourth-order valence-corrected chi connectivity index (χ4v) is 2.77. The molecule has 114 valence electrons. The first-order valence-electron chi connectivity index (χ1n) is 7.22. The first-order valence-corrected chi connectivity index (χ1v) is 7.22. The molecule has 0 aromatic rings. The molecule has 1 saturated carbocycles. The highest BCUT2D eigenvalue weighted by atomic mass is 16.6. The third-order valence-corrected chi connectivity index (χ3v) is 3.94. The van der Waals surface area contributed by atoms with Crippen LogP contribution in [0.3, 0.4) is 0 Å². The standard InChI is InChI=1S/C15H26N2O3/c1-13(2,3)20-12(19)17-15(9-7-6-8-10-15)14(4,5)16-11-18/h6-10H2,1-5H3,(H,17,19). The van der Waals surface area contributed by atoms with Crippen LogP contribution < -0.4 is 5.32 Å². The van der Waals surface area contributed by atoms with Crippen molar-refractivity contribution in [1.29, 1.82) is 0 Å². The summed E-state index contributed by atoms with van der Waals surface area (Å²) in [7, 11) is 0. The number of isocyanates is 1. The number of carbonyl (C=O) groups is 1. The van der Waals surface area contributed by atoms with E-state index < -0.39 is 22.8 Å². The summed E-state index contributed by atoms with van der Waals surface area (Å²) in [5, 5.41) is 2.98. The molecule has 0 aromatic heterocycles. The Balaban J connectivity index is 2.95. The molecule has 1 rings (SSSR count). The van der Waals surface area contributed by atoms with E-state index in [1.807, 2.05) is 34.6 Å². The lowest BCUT2D eigenvalue weighted by Gasteiger charge is -2.46. The lowest BCUT2D eigenvalue weighted by atomic mass is 9.70. The monoisotopic (exact) mass is 282 g/mol. The Morgan fingerprint density at radius 3 is 2.15 bits per heavy atom. The normalized spacial score (nSPS) is 18.9. The zero-order valence-corrected chi connectivity index (χ0v) is 13.2. The maximum absolute atomic E-state index is 12.1. The van der Waals surface area contributed by atoms with E-state index in [9.17, 15) is 9.59 Å². The van der Waals surface area contributed by atoms with Crippen LogP contribution >= 0.6 is 0 Å². The SMILES string of the molecule is CC(C)(C)OC(=O)NC1(C(C)(C)N=C=O)CCCCC1. The van der Waals surface area contributed by atoms with E-state index in [0.717, 1.165) is 32.1 Å². The molecule has 0 saturated heterocycles. The van der Waals surface area contributed by atoms with Gasteiger partial charge in [0.15, 0.2) is 0 Å². The molecule has 20 heavy (non-hydrogen) atoms. The zero-order valence-electron chi connectivity index (χ0n) is 13.2. The van der Waals surface area contributed by atoms with E-state index >= 15 is 0 Å². The number of nitrogens with zero attached hydrogens (tertiary/aromatic N) is 1. The Morgan fingerprint density at radius 2 is 1.70 bits per heavy atom. The quantitative estimate of drug-likeness (QED) is 0.637. The topological polar surface area (TPSA) is 67.8 Å². The number of ether oxygens (including phenoxy) is 1. The van der Waals surface area contributed by atoms with Crippen LogP contribution in [0.15, 0.2) is 4.99 Å². The molecule has 0 heterocycles. The van der Waals surface area contributed by atoms with Crippen molar-refractivity contribution in [1.82, 2.24) is 5.32 Å². The van der Waals surface area contributed by atoms with Crippen molar-refractivity contribution >= 4 is 12.2 Å². The van der Waals surface area contributed by atoms with Crippen molar-refractivity contribution in [2.24, 2.45) is 4.99 Å². The van der Waals surface area contributed by atoms with Gasteiger partial charge in [0.05, 0.1) is 11.1 Å². The minimum atomic E-state index is -0.688. The molecule has 5 nitrogen and oxygen atoms in total. The number of alkyl carbamates (subject to hydrolysis) is 1. The second kappa shape index (κ2) is 5.96. The lowest BCUT2D eigenvalue weighted by Crippen LogP contribution is -2.62. The number of nitrogens with one attached hydrogen (secondary N) is 1. The van der Waals surface area contributed by atoms with Crippen LogP contribution in [0.5, 0.6) is 0 Å². The van der Waals surface area contributed by atoms with E-state index in [1.54, 1.807) is 6.08 Å². The molecule has 1 aliphatic carbocycles. The summed E-state index contributed by atoms with van der Waals surface area (Å²) in [6.45, 7) is 9.21. The molecule has 0 unspecified atom stereocenters. The fraction of sp³-hybridized carbons (Fsp3) is 0.867. The molecule has 0 spiro atoms. The Bertz CT molecular complexity index is 398. The molecule has 1 aliphatic rings. The minimum Gasteiger partial charge on any atom is -0.444 e. The summed E-state index contributed by atoms with van der Waals surface area (Å²) in [6, 6.07) is 0. The van der Waals surface area contributed by atoms with Crippen LogP contribution in [-0.2, 0) is 9.53 Å². The Kier molecular flexibility index (Phi) is 4.98. The Labute approximate surface area is 121 Å². The maximum Gasteiger partial charge on any atom is 0.408 e. The van der Waals surface area contributed by atoms with Crippen LogP contribution in [0.4, 0.5) is 4.79 Å². The number of aliphatic imine (C=N–C) groups is 1. The van der Waals surface area contributed by atoms with Gasteiger partial charge < -0.3 is 10.1 Å². The van der Waals surface area contributed by atoms with Gasteiger partial charge in [-0.1, -0.05) is 19.3 Å². The van der Waals surface area contributed by atoms with Crippen LogP contribution in [-0.4, -0.2) is 28.9 Å². The summed E-state index contributed by atoms with van der Waals surface area (Å²) in [5.74, 6) is 0. The molecule has 0 bridgehead atoms. The smallest absolute Gasteiger partial charge is 0.408 e. The average Bonchev–Trinajstić information content (AvgIpc) is 2.27. The summed E-state index contributed by atoms with van der Waals surface area (Å²) in [4.78, 5) is 26.7. The van der Waals surface area contributed by atoms with E-state index in [-0.39, 0.29) is 0 Å². The number of amides is 1. The highest BCUT2D eigenvalue weighted by molar-refractivity contribution is 5.69. The number of hydrogen-bond acceptors (Lipinski definition) is 4. The van der Waals surface area contributed by atoms with Crippen molar-refractivity contribution in [3.63, 3.8) is 0 Å². The molecule has 1 N–H and O–H groups in total. The van der Waals surface area contributed by atoms with E-state index in [2.05, 4.69) is 10.3 Å². The second-order valence-corrected chi connectivity index (χ2v) is 7.03. The highest BCUT2D eigenvalue weighted by Crippen LogP contribution is 2.39. The predicted octanol–water partition coefficient (Wildman–Crippen LogP) is 3.33. The molecule has 0 aliphatic heterocycles. The summed E-state index contributed by atoms with van der Waals surface area (Å²) < 4.78 is 5.35. The van der Waals surface area contributed by atoms with Crippen molar-refractivity contribution in [2.75, 3.05) is 0 Å². The Morgan fingerprint density at radius 1 is 1.15 bits per heavy atom. The Hall–Kier alpha value is -1.35. The summed E-state index contributed by atoms with van der Waals surface area (Å²) in [5.41, 5.74) is -1.77. The largest absolute Gasteiger partial charge is 0.444 e. The van der Waals surface area contributed by atoms with E-state index in [1.165, 1.54) is 0 Å². The second-order valence-electron chi connectivity index (χ2n) is 7.03. The first kappa shape index (κ1) is 16.7. The van der Waals surface area contributed by atoms with Crippen molar-refractivity contribution in [2.45, 2.75) is 83.4 Å². The maximum atomic E-state index is 12.1. The summed E-state index contributed by atoms with van der Waals surface area (Å²) in [6.07, 6.45) is 5.93. The highest BCUT2D eigenvalue weighted by Gasteiger charge is 2.47. The third kappa shape index (κ3) is 4.07. The van der Waals surface area contributed by atoms with Crippen molar-refractivity contribution < 1.29 is 14.3 Å². The van der Waals surface area contributed by atoms with Gasteiger partial charge in [-0.15, -0.1) is 0 Å². The zero-order chi connectivity index (χ0) is 15.4. The predicted molar refractivity (Wildman–Crippen MR) is 77.4 cm³/mol. The molecule has 0 radical (unpaired) electrons. The van der Waals surface area contributed by atoms with Gasteiger partial charge in [-0.05, 0) is 47.5 Å². The van der Waals surface area contributed by atoms with Gasteiger partial charge in [-0.25, -0.2) is 9.59 Å². The first-order chi connectivity index (χ1) is 9.12. The van der Waals surface area contributed by atoms with Crippen molar-refractivity contribution in [3.8, 4) is 0 Å². The number of rotatable bonds is 3. The van der Waals surface area contributed by atoms with Crippen molar-refractivity contribution in [3.05, 3.63) is 0 Å². The summed E-state index contributed by atoms with van der Waals surface area (Å²) >= 11 is 0. The van der Waals surface area contributed by atoms with E-state index in [4.69, 9.17) is 4.74 Å². The van der Waals surface area contributed by atoms with Gasteiger partial charge >= 0.3 is 6.09 Å². The van der Waals surface area contributed by atoms with E-state index in [0.29, 0.717) is 0 Å². The fourth-order valence-electron chi connectivity index (χ4n) is 2.77. The molecule has 5 heteroatoms. The molecule has 0 aromatic carbocycles. The minimum absolute atomic E-state index is 0.450. The van der Waals surface area contributed by atoms with Crippen LogP contribution in [0, 0.1) is 0 Å². The number of hydrogen-bond donors (Lipinski definition) is 1. The van der Waals surface area contributed by atoms with Crippen LogP contribution in [0.2, 0.25) is 0 Å². The van der Waals surface area contributed by atoms with Gasteiger partial charge in [0.2, 0.25) is 6.08 Å². The molecule has 1 fully saturated rings. The van der Waals surface area contributed by atoms with Gasteiger partial charge in [-0.2, -0.15) is 4.99 Å². The van der Waals surface area contributed by atoms with Gasteiger partial charge in [0.1, 0.15) is 5.60 Å². The van der Waals surface area contributed by atoms with Gasteiger partial charge in [-0.3, -0.25) is 0 Å². The van der Waals surface area contributed by atoms with Gasteiger partial charge in [0.25, 0.3) is 0 Å². The molecular formula is C15H26N2O3. The average molecular weight is 282 g/mol. The van der Waals surface area contributed by atoms with Crippen LogP contribution in [0.1, 0.15) is 66.7 Å². The molecule has 1 amide bonds. The molecule has 0 atom stereocenters.